The third kappa shape index (κ3) is 3.33. The molecule has 0 spiro atoms. The molecule has 2 nitrogen and oxygen atoms in total. The van der Waals surface area contributed by atoms with Crippen LogP contribution in [0, 0.1) is 5.92 Å². The molecule has 2 saturated carbocycles. The lowest BCUT2D eigenvalue weighted by atomic mass is 10.1. The quantitative estimate of drug-likeness (QED) is 0.618. The van der Waals surface area contributed by atoms with Crippen LogP contribution in [0.4, 0.5) is 0 Å². The molecular weight excluding hydrogens is 252 g/mol. The number of rotatable bonds is 6. The second-order valence-electron chi connectivity index (χ2n) is 5.93. The summed E-state index contributed by atoms with van der Waals surface area (Å²) >= 11 is 2.14. The van der Waals surface area contributed by atoms with Gasteiger partial charge in [-0.1, -0.05) is 43.2 Å². The minimum atomic E-state index is 0.482. The summed E-state index contributed by atoms with van der Waals surface area (Å²) in [5.74, 6) is 8.42. The number of hydrogen-bond donors (Lipinski definition) is 2. The maximum Gasteiger partial charge on any atom is 0.0335 e. The number of hydrogen-bond acceptors (Lipinski definition) is 3. The molecular formula is C16H24N2S. The van der Waals surface area contributed by atoms with E-state index in [-0.39, 0.29) is 0 Å². The standard InChI is InChI=1S/C16H24N2S/c17-18-16(11-19-13-8-4-5-9-13)15-10-14(15)12-6-2-1-3-7-12/h1-3,6-7,13-16,18H,4-5,8-11,17H2. The first-order valence-electron chi connectivity index (χ1n) is 7.51. The zero-order valence-electron chi connectivity index (χ0n) is 11.4. The van der Waals surface area contributed by atoms with E-state index < -0.39 is 0 Å². The lowest BCUT2D eigenvalue weighted by molar-refractivity contribution is 0.510. The summed E-state index contributed by atoms with van der Waals surface area (Å²) in [6, 6.07) is 11.4. The van der Waals surface area contributed by atoms with Gasteiger partial charge >= 0.3 is 0 Å². The van der Waals surface area contributed by atoms with Crippen molar-refractivity contribution in [1.29, 1.82) is 0 Å². The highest BCUT2D eigenvalue weighted by molar-refractivity contribution is 7.99. The van der Waals surface area contributed by atoms with Crippen LogP contribution in [0.3, 0.4) is 0 Å². The van der Waals surface area contributed by atoms with Crippen molar-refractivity contribution in [3.63, 3.8) is 0 Å². The van der Waals surface area contributed by atoms with E-state index in [0.29, 0.717) is 6.04 Å². The van der Waals surface area contributed by atoms with Gasteiger partial charge in [-0.25, -0.2) is 0 Å². The van der Waals surface area contributed by atoms with E-state index in [1.165, 1.54) is 43.4 Å². The summed E-state index contributed by atoms with van der Waals surface area (Å²) in [4.78, 5) is 0. The van der Waals surface area contributed by atoms with Crippen molar-refractivity contribution >= 4 is 11.8 Å². The van der Waals surface area contributed by atoms with Crippen molar-refractivity contribution in [2.45, 2.75) is 49.3 Å². The Bertz CT molecular complexity index is 389. The molecule has 2 fully saturated rings. The average Bonchev–Trinajstić information content (AvgIpc) is 3.07. The van der Waals surface area contributed by atoms with Crippen LogP contribution in [-0.4, -0.2) is 17.0 Å². The van der Waals surface area contributed by atoms with E-state index in [0.717, 1.165) is 17.1 Å². The van der Waals surface area contributed by atoms with Gasteiger partial charge in [0.15, 0.2) is 0 Å². The highest BCUT2D eigenvalue weighted by atomic mass is 32.2. The highest BCUT2D eigenvalue weighted by Crippen LogP contribution is 2.50. The van der Waals surface area contributed by atoms with Gasteiger partial charge in [0.2, 0.25) is 0 Å². The fraction of sp³-hybridized carbons (Fsp3) is 0.625. The van der Waals surface area contributed by atoms with Crippen molar-refractivity contribution < 1.29 is 0 Å². The molecule has 0 heterocycles. The third-order valence-corrected chi connectivity index (χ3v) is 6.11. The smallest absolute Gasteiger partial charge is 0.0335 e. The summed E-state index contributed by atoms with van der Waals surface area (Å²) in [5.41, 5.74) is 4.55. The van der Waals surface area contributed by atoms with Crippen LogP contribution in [-0.2, 0) is 0 Å². The van der Waals surface area contributed by atoms with Crippen molar-refractivity contribution in [2.75, 3.05) is 5.75 Å². The van der Waals surface area contributed by atoms with Gasteiger partial charge in [0.1, 0.15) is 0 Å². The summed E-state index contributed by atoms with van der Waals surface area (Å²) < 4.78 is 0. The van der Waals surface area contributed by atoms with E-state index in [2.05, 4.69) is 47.5 Å². The van der Waals surface area contributed by atoms with E-state index in [4.69, 9.17) is 5.84 Å². The molecule has 3 N–H and O–H groups in total. The summed E-state index contributed by atoms with van der Waals surface area (Å²) in [6.45, 7) is 0. The normalized spacial score (nSPS) is 28.5. The fourth-order valence-electron chi connectivity index (χ4n) is 3.33. The van der Waals surface area contributed by atoms with Gasteiger partial charge in [-0.2, -0.15) is 11.8 Å². The van der Waals surface area contributed by atoms with Crippen molar-refractivity contribution in [3.05, 3.63) is 35.9 Å². The van der Waals surface area contributed by atoms with Gasteiger partial charge in [0.25, 0.3) is 0 Å². The molecule has 0 aromatic heterocycles. The van der Waals surface area contributed by atoms with E-state index in [1.807, 2.05) is 0 Å². The van der Waals surface area contributed by atoms with Crippen LogP contribution in [0.15, 0.2) is 30.3 Å². The minimum Gasteiger partial charge on any atom is -0.271 e. The molecule has 0 radical (unpaired) electrons. The summed E-state index contributed by atoms with van der Waals surface area (Å²) in [7, 11) is 0. The number of thioether (sulfide) groups is 1. The van der Waals surface area contributed by atoms with Crippen LogP contribution in [0.5, 0.6) is 0 Å². The highest BCUT2D eigenvalue weighted by Gasteiger charge is 2.43. The molecule has 3 atom stereocenters. The van der Waals surface area contributed by atoms with Crippen molar-refractivity contribution in [1.82, 2.24) is 5.43 Å². The molecule has 0 aliphatic heterocycles. The van der Waals surface area contributed by atoms with Gasteiger partial charge in [-0.05, 0) is 36.7 Å². The summed E-state index contributed by atoms with van der Waals surface area (Å²) in [6.07, 6.45) is 6.97. The molecule has 3 unspecified atom stereocenters. The topological polar surface area (TPSA) is 38.0 Å². The second kappa shape index (κ2) is 6.29. The Kier molecular flexibility index (Phi) is 4.46. The Hall–Kier alpha value is -0.510. The molecule has 104 valence electrons. The lowest BCUT2D eigenvalue weighted by Crippen LogP contribution is -2.39. The van der Waals surface area contributed by atoms with Crippen LogP contribution in [0.25, 0.3) is 0 Å². The molecule has 3 rings (SSSR count). The Morgan fingerprint density at radius 1 is 1.21 bits per heavy atom. The Balaban J connectivity index is 1.50. The van der Waals surface area contributed by atoms with Crippen molar-refractivity contribution in [3.8, 4) is 0 Å². The summed E-state index contributed by atoms with van der Waals surface area (Å²) in [5, 5.41) is 0.893. The number of benzene rings is 1. The lowest BCUT2D eigenvalue weighted by Gasteiger charge is -2.18. The largest absolute Gasteiger partial charge is 0.271 e. The van der Waals surface area contributed by atoms with Crippen LogP contribution >= 0.6 is 11.8 Å². The Morgan fingerprint density at radius 3 is 2.63 bits per heavy atom. The van der Waals surface area contributed by atoms with E-state index in [1.54, 1.807) is 0 Å². The van der Waals surface area contributed by atoms with Crippen LogP contribution in [0.1, 0.15) is 43.6 Å². The molecule has 1 aromatic rings. The first kappa shape index (κ1) is 13.5. The van der Waals surface area contributed by atoms with Gasteiger partial charge in [0, 0.05) is 17.0 Å². The van der Waals surface area contributed by atoms with Gasteiger partial charge < -0.3 is 0 Å². The van der Waals surface area contributed by atoms with E-state index >= 15 is 0 Å². The van der Waals surface area contributed by atoms with E-state index in [9.17, 15) is 0 Å². The third-order valence-electron chi connectivity index (χ3n) is 4.61. The van der Waals surface area contributed by atoms with Gasteiger partial charge in [-0.3, -0.25) is 11.3 Å². The molecule has 2 aliphatic rings. The maximum absolute atomic E-state index is 5.78. The minimum absolute atomic E-state index is 0.482. The van der Waals surface area contributed by atoms with Gasteiger partial charge in [-0.15, -0.1) is 0 Å². The molecule has 0 saturated heterocycles. The predicted octanol–water partition coefficient (Wildman–Crippen LogP) is 3.30. The molecule has 0 amide bonds. The fourth-order valence-corrected chi connectivity index (χ4v) is 4.82. The Morgan fingerprint density at radius 2 is 1.95 bits per heavy atom. The zero-order chi connectivity index (χ0) is 13.1. The average molecular weight is 276 g/mol. The van der Waals surface area contributed by atoms with Gasteiger partial charge in [0.05, 0.1) is 0 Å². The molecule has 0 bridgehead atoms. The molecule has 19 heavy (non-hydrogen) atoms. The number of nitrogens with one attached hydrogen (secondary N) is 1. The first-order valence-corrected chi connectivity index (χ1v) is 8.56. The Labute approximate surface area is 120 Å². The SMILES string of the molecule is NNC(CSC1CCCC1)C1CC1c1ccccc1. The second-order valence-corrected chi connectivity index (χ2v) is 7.26. The number of hydrazine groups is 1. The monoisotopic (exact) mass is 276 g/mol. The maximum atomic E-state index is 5.78. The molecule has 2 aliphatic carbocycles. The van der Waals surface area contributed by atoms with Crippen LogP contribution in [0.2, 0.25) is 0 Å². The zero-order valence-corrected chi connectivity index (χ0v) is 12.2. The molecule has 3 heteroatoms. The number of nitrogens with two attached hydrogens (primary N) is 1. The first-order chi connectivity index (χ1) is 9.38. The molecule has 1 aromatic carbocycles. The van der Waals surface area contributed by atoms with Crippen LogP contribution < -0.4 is 11.3 Å². The predicted molar refractivity (Wildman–Crippen MR) is 83.1 cm³/mol. The van der Waals surface area contributed by atoms with Crippen molar-refractivity contribution in [2.24, 2.45) is 11.8 Å².